The maximum absolute atomic E-state index is 11.7. The molecule has 34 heavy (non-hydrogen) atoms. The number of esters is 1. The number of hydrogen-bond acceptors (Lipinski definition) is 9. The molecule has 5 rings (SSSR count). The molecule has 176 valence electrons. The lowest BCUT2D eigenvalue weighted by molar-refractivity contribution is -0.138. The Kier molecular flexibility index (Phi) is 6.82. The number of aryl methyl sites for hydroxylation is 1. The lowest BCUT2D eigenvalue weighted by atomic mass is 10.2. The lowest BCUT2D eigenvalue weighted by Gasteiger charge is -2.28. The number of hydrogen-bond donors (Lipinski definition) is 2. The summed E-state index contributed by atoms with van der Waals surface area (Å²) in [6.45, 7) is 5.85. The summed E-state index contributed by atoms with van der Waals surface area (Å²) in [7, 11) is 0. The molecule has 1 aromatic heterocycles. The number of morpholine rings is 1. The van der Waals surface area contributed by atoms with Crippen molar-refractivity contribution < 1.29 is 14.3 Å². The number of carbonyl (C=O) groups excluding carboxylic acids is 1. The number of carbonyl (C=O) groups is 1. The lowest BCUT2D eigenvalue weighted by Crippen LogP contribution is -2.36. The van der Waals surface area contributed by atoms with Gasteiger partial charge in [-0.15, -0.1) is 0 Å². The largest absolute Gasteiger partial charge is 0.464 e. The van der Waals surface area contributed by atoms with Crippen molar-refractivity contribution in [2.24, 2.45) is 0 Å². The Hall–Kier alpha value is -3.30. The highest BCUT2D eigenvalue weighted by atomic mass is 32.2. The van der Waals surface area contributed by atoms with E-state index in [1.807, 2.05) is 49.5 Å². The van der Waals surface area contributed by atoms with E-state index >= 15 is 0 Å². The normalized spacial score (nSPS) is 18.0. The first-order valence-electron chi connectivity index (χ1n) is 11.4. The van der Waals surface area contributed by atoms with Gasteiger partial charge in [0.25, 0.3) is 0 Å². The number of rotatable bonds is 7. The average molecular weight is 478 g/mol. The van der Waals surface area contributed by atoms with Crippen molar-refractivity contribution in [3.05, 3.63) is 60.3 Å². The molecule has 2 aromatic carbocycles. The van der Waals surface area contributed by atoms with Crippen molar-refractivity contribution >= 4 is 40.7 Å². The maximum atomic E-state index is 11.7. The molecule has 1 unspecified atom stereocenters. The molecule has 9 heteroatoms. The van der Waals surface area contributed by atoms with Crippen molar-refractivity contribution in [2.75, 3.05) is 48.4 Å². The van der Waals surface area contributed by atoms with Crippen LogP contribution < -0.4 is 15.5 Å². The van der Waals surface area contributed by atoms with Crippen LogP contribution in [-0.2, 0) is 14.3 Å². The van der Waals surface area contributed by atoms with Gasteiger partial charge in [0, 0.05) is 53.2 Å². The third-order valence-electron chi connectivity index (χ3n) is 5.77. The molecule has 2 fully saturated rings. The summed E-state index contributed by atoms with van der Waals surface area (Å²) < 4.78 is 10.4. The predicted octanol–water partition coefficient (Wildman–Crippen LogP) is 4.24. The smallest absolute Gasteiger partial charge is 0.328 e. The van der Waals surface area contributed by atoms with E-state index < -0.39 is 0 Å². The van der Waals surface area contributed by atoms with Crippen LogP contribution in [-0.4, -0.2) is 54.9 Å². The first-order valence-corrected chi connectivity index (χ1v) is 12.2. The maximum Gasteiger partial charge on any atom is 0.328 e. The number of nitrogens with one attached hydrogen (secondary N) is 2. The summed E-state index contributed by atoms with van der Waals surface area (Å²) in [4.78, 5) is 24.2. The Morgan fingerprint density at radius 2 is 1.74 bits per heavy atom. The van der Waals surface area contributed by atoms with Crippen LogP contribution in [0.15, 0.2) is 64.6 Å². The molecule has 0 amide bonds. The number of nitrogens with zero attached hydrogens (tertiary/aromatic N) is 3. The van der Waals surface area contributed by atoms with Gasteiger partial charge in [-0.3, -0.25) is 0 Å². The van der Waals surface area contributed by atoms with Gasteiger partial charge in [-0.2, -0.15) is 0 Å². The van der Waals surface area contributed by atoms with Crippen LogP contribution in [0.1, 0.15) is 12.0 Å². The van der Waals surface area contributed by atoms with E-state index in [2.05, 4.69) is 32.7 Å². The zero-order chi connectivity index (χ0) is 23.3. The Morgan fingerprint density at radius 1 is 1.00 bits per heavy atom. The molecule has 2 N–H and O–H groups in total. The van der Waals surface area contributed by atoms with Gasteiger partial charge in [0.05, 0.1) is 19.8 Å². The standard InChI is InChI=1S/C25H27N5O3S/c1-17-16-26-25(28-19-2-6-20(7-3-19)30-11-14-32-15-12-30)29-23(17)34-21-8-4-18(5-9-21)27-22-10-13-33-24(22)31/h2-9,16,22,27H,10-15H2,1H3,(H,26,28,29). The summed E-state index contributed by atoms with van der Waals surface area (Å²) in [5.74, 6) is 0.371. The molecule has 0 spiro atoms. The topological polar surface area (TPSA) is 88.6 Å². The van der Waals surface area contributed by atoms with Gasteiger partial charge in [0.15, 0.2) is 0 Å². The highest BCUT2D eigenvalue weighted by Gasteiger charge is 2.26. The highest BCUT2D eigenvalue weighted by molar-refractivity contribution is 7.99. The van der Waals surface area contributed by atoms with Crippen molar-refractivity contribution in [1.82, 2.24) is 9.97 Å². The summed E-state index contributed by atoms with van der Waals surface area (Å²) >= 11 is 1.58. The fourth-order valence-corrected chi connectivity index (χ4v) is 4.70. The van der Waals surface area contributed by atoms with Crippen LogP contribution in [0.5, 0.6) is 0 Å². The third kappa shape index (κ3) is 5.43. The van der Waals surface area contributed by atoms with Crippen molar-refractivity contribution in [1.29, 1.82) is 0 Å². The predicted molar refractivity (Wildman–Crippen MR) is 133 cm³/mol. The van der Waals surface area contributed by atoms with Crippen LogP contribution in [0.3, 0.4) is 0 Å². The van der Waals surface area contributed by atoms with Crippen molar-refractivity contribution in [3.63, 3.8) is 0 Å². The second-order valence-corrected chi connectivity index (χ2v) is 9.29. The third-order valence-corrected chi connectivity index (χ3v) is 6.88. The van der Waals surface area contributed by atoms with Crippen LogP contribution >= 0.6 is 11.8 Å². The minimum Gasteiger partial charge on any atom is -0.464 e. The Morgan fingerprint density at radius 3 is 2.44 bits per heavy atom. The quantitative estimate of drug-likeness (QED) is 0.383. The Labute approximate surface area is 203 Å². The number of aromatic nitrogens is 2. The molecular formula is C25H27N5O3S. The molecule has 0 saturated carbocycles. The van der Waals surface area contributed by atoms with Gasteiger partial charge < -0.3 is 25.0 Å². The summed E-state index contributed by atoms with van der Waals surface area (Å²) in [5, 5.41) is 7.43. The number of anilines is 4. The van der Waals surface area contributed by atoms with Gasteiger partial charge >= 0.3 is 5.97 Å². The van der Waals surface area contributed by atoms with E-state index in [1.165, 1.54) is 5.69 Å². The van der Waals surface area contributed by atoms with Crippen LogP contribution in [0.25, 0.3) is 0 Å². The van der Waals surface area contributed by atoms with Crippen molar-refractivity contribution in [2.45, 2.75) is 29.3 Å². The molecule has 1 atom stereocenters. The molecule has 0 bridgehead atoms. The Bertz CT molecular complexity index is 1130. The second kappa shape index (κ2) is 10.3. The number of benzene rings is 2. The zero-order valence-electron chi connectivity index (χ0n) is 19.0. The van der Waals surface area contributed by atoms with Gasteiger partial charge in [0.1, 0.15) is 11.1 Å². The molecule has 0 radical (unpaired) electrons. The summed E-state index contributed by atoms with van der Waals surface area (Å²) in [6, 6.07) is 16.0. The first-order chi connectivity index (χ1) is 16.6. The van der Waals surface area contributed by atoms with Crippen LogP contribution in [0.2, 0.25) is 0 Å². The average Bonchev–Trinajstić information content (AvgIpc) is 3.27. The Balaban J connectivity index is 1.22. The van der Waals surface area contributed by atoms with E-state index in [9.17, 15) is 4.79 Å². The monoisotopic (exact) mass is 477 g/mol. The number of cyclic esters (lactones) is 1. The molecular weight excluding hydrogens is 450 g/mol. The van der Waals surface area contributed by atoms with Gasteiger partial charge in [-0.25, -0.2) is 14.8 Å². The zero-order valence-corrected chi connectivity index (χ0v) is 19.8. The van der Waals surface area contributed by atoms with Gasteiger partial charge in [-0.05, 0) is 55.5 Å². The van der Waals surface area contributed by atoms with Crippen LogP contribution in [0.4, 0.5) is 23.0 Å². The van der Waals surface area contributed by atoms with E-state index in [4.69, 9.17) is 14.5 Å². The summed E-state index contributed by atoms with van der Waals surface area (Å²) in [5.41, 5.74) is 4.04. The van der Waals surface area contributed by atoms with E-state index in [1.54, 1.807) is 11.8 Å². The molecule has 0 aliphatic carbocycles. The van der Waals surface area contributed by atoms with Crippen LogP contribution in [0, 0.1) is 6.92 Å². The van der Waals surface area contributed by atoms with E-state index in [0.717, 1.165) is 53.2 Å². The van der Waals surface area contributed by atoms with Crippen molar-refractivity contribution in [3.8, 4) is 0 Å². The summed E-state index contributed by atoms with van der Waals surface area (Å²) in [6.07, 6.45) is 2.53. The molecule has 2 aliphatic rings. The second-order valence-electron chi connectivity index (χ2n) is 8.23. The van der Waals surface area contributed by atoms with Gasteiger partial charge in [-0.1, -0.05) is 11.8 Å². The molecule has 2 saturated heterocycles. The molecule has 3 heterocycles. The van der Waals surface area contributed by atoms with E-state index in [-0.39, 0.29) is 12.0 Å². The van der Waals surface area contributed by atoms with Gasteiger partial charge in [0.2, 0.25) is 5.95 Å². The molecule has 3 aromatic rings. The minimum absolute atomic E-state index is 0.189. The fraction of sp³-hybridized carbons (Fsp3) is 0.320. The fourth-order valence-electron chi connectivity index (χ4n) is 3.86. The first kappa shape index (κ1) is 22.5. The minimum atomic E-state index is -0.265. The number of ether oxygens (including phenoxy) is 2. The molecule has 8 nitrogen and oxygen atoms in total. The molecule has 2 aliphatic heterocycles. The highest BCUT2D eigenvalue weighted by Crippen LogP contribution is 2.31. The van der Waals surface area contributed by atoms with E-state index in [0.29, 0.717) is 19.0 Å². The SMILES string of the molecule is Cc1cnc(Nc2ccc(N3CCOCC3)cc2)nc1Sc1ccc(NC2CCOC2=O)cc1.